The maximum absolute atomic E-state index is 13.6. The Morgan fingerprint density at radius 2 is 1.63 bits per heavy atom. The highest BCUT2D eigenvalue weighted by Gasteiger charge is 2.51. The van der Waals surface area contributed by atoms with Gasteiger partial charge in [0.2, 0.25) is 0 Å². The van der Waals surface area contributed by atoms with Gasteiger partial charge >= 0.3 is 6.18 Å². The smallest absolute Gasteiger partial charge is 0.376 e. The summed E-state index contributed by atoms with van der Waals surface area (Å²) in [6, 6.07) is 13.5. The van der Waals surface area contributed by atoms with Crippen LogP contribution in [0, 0.1) is 17.8 Å². The lowest BCUT2D eigenvalue weighted by Crippen LogP contribution is -2.52. The van der Waals surface area contributed by atoms with Gasteiger partial charge in [0.25, 0.3) is 5.91 Å². The van der Waals surface area contributed by atoms with Crippen LogP contribution in [0.15, 0.2) is 48.5 Å². The van der Waals surface area contributed by atoms with Gasteiger partial charge in [-0.15, -0.1) is 6.42 Å². The van der Waals surface area contributed by atoms with E-state index in [9.17, 15) is 23.1 Å². The highest BCUT2D eigenvalue weighted by Crippen LogP contribution is 2.48. The molecular weight excluding hydrogens is 451 g/mol. The molecule has 0 heterocycles. The average molecular weight is 484 g/mol. The van der Waals surface area contributed by atoms with E-state index < -0.39 is 11.8 Å². The van der Waals surface area contributed by atoms with Gasteiger partial charge in [0.15, 0.2) is 5.60 Å². The molecule has 3 nitrogen and oxygen atoms in total. The summed E-state index contributed by atoms with van der Waals surface area (Å²) in [7, 11) is 0. The molecule has 0 bridgehead atoms. The van der Waals surface area contributed by atoms with Crippen molar-refractivity contribution in [1.29, 1.82) is 0 Å². The SMILES string of the molecule is C#Cc1ccc([C@@H]2CC[C@@H](N(C(=O)c3ccc([C@](C)(O)C(F)(F)F)cc3)C3CC3)C(C)(C)C2)cc1. The fraction of sp³-hybridized carbons (Fsp3) is 0.483. The van der Waals surface area contributed by atoms with Crippen molar-refractivity contribution in [3.63, 3.8) is 0 Å². The molecule has 2 aliphatic rings. The molecule has 35 heavy (non-hydrogen) atoms. The van der Waals surface area contributed by atoms with E-state index in [0.717, 1.165) is 44.6 Å². The van der Waals surface area contributed by atoms with Crippen LogP contribution in [-0.4, -0.2) is 34.2 Å². The van der Waals surface area contributed by atoms with Gasteiger partial charge in [-0.25, -0.2) is 0 Å². The van der Waals surface area contributed by atoms with Crippen LogP contribution in [-0.2, 0) is 5.60 Å². The van der Waals surface area contributed by atoms with Crippen molar-refractivity contribution in [2.45, 2.75) is 82.7 Å². The number of rotatable bonds is 5. The number of nitrogens with zero attached hydrogens (tertiary/aromatic N) is 1. The van der Waals surface area contributed by atoms with Gasteiger partial charge in [0.1, 0.15) is 0 Å². The first-order valence-electron chi connectivity index (χ1n) is 12.1. The average Bonchev–Trinajstić information content (AvgIpc) is 3.64. The molecular formula is C29H32F3NO2. The number of amides is 1. The van der Waals surface area contributed by atoms with Crippen molar-refractivity contribution in [3.8, 4) is 12.3 Å². The van der Waals surface area contributed by atoms with E-state index in [4.69, 9.17) is 6.42 Å². The Balaban J connectivity index is 1.54. The Hall–Kier alpha value is -2.78. The van der Waals surface area contributed by atoms with Crippen LogP contribution in [0.4, 0.5) is 13.2 Å². The molecule has 186 valence electrons. The molecule has 6 heteroatoms. The van der Waals surface area contributed by atoms with E-state index >= 15 is 0 Å². The van der Waals surface area contributed by atoms with Gasteiger partial charge in [0, 0.05) is 23.2 Å². The molecule has 0 saturated heterocycles. The molecule has 0 unspecified atom stereocenters. The zero-order valence-electron chi connectivity index (χ0n) is 20.4. The topological polar surface area (TPSA) is 40.5 Å². The van der Waals surface area contributed by atoms with E-state index in [0.29, 0.717) is 11.5 Å². The van der Waals surface area contributed by atoms with Gasteiger partial charge < -0.3 is 10.0 Å². The van der Waals surface area contributed by atoms with E-state index in [1.54, 1.807) is 0 Å². The summed E-state index contributed by atoms with van der Waals surface area (Å²) >= 11 is 0. The molecule has 3 atom stereocenters. The minimum Gasteiger partial charge on any atom is -0.376 e. The van der Waals surface area contributed by atoms with Crippen LogP contribution < -0.4 is 0 Å². The lowest BCUT2D eigenvalue weighted by Gasteiger charge is -2.48. The maximum atomic E-state index is 13.6. The van der Waals surface area contributed by atoms with Crippen LogP contribution >= 0.6 is 0 Å². The molecule has 2 fully saturated rings. The lowest BCUT2D eigenvalue weighted by atomic mass is 9.66. The summed E-state index contributed by atoms with van der Waals surface area (Å²) in [5.41, 5.74) is -0.921. The predicted molar refractivity (Wildman–Crippen MR) is 130 cm³/mol. The molecule has 2 aromatic carbocycles. The number of halogens is 3. The predicted octanol–water partition coefficient (Wildman–Crippen LogP) is 6.40. The Morgan fingerprint density at radius 3 is 2.11 bits per heavy atom. The first-order valence-corrected chi connectivity index (χ1v) is 12.1. The second-order valence-corrected chi connectivity index (χ2v) is 10.8. The second-order valence-electron chi connectivity index (χ2n) is 10.8. The van der Waals surface area contributed by atoms with Crippen LogP contribution in [0.2, 0.25) is 0 Å². The van der Waals surface area contributed by atoms with Crippen LogP contribution in [0.5, 0.6) is 0 Å². The number of aliphatic hydroxyl groups is 1. The summed E-state index contributed by atoms with van der Waals surface area (Å²) in [6.45, 7) is 5.12. The van der Waals surface area contributed by atoms with Crippen molar-refractivity contribution in [1.82, 2.24) is 4.90 Å². The molecule has 4 rings (SSSR count). The number of hydrogen-bond acceptors (Lipinski definition) is 2. The Bertz CT molecular complexity index is 1110. The molecule has 2 aliphatic carbocycles. The number of alkyl halides is 3. The molecule has 1 amide bonds. The van der Waals surface area contributed by atoms with E-state index in [1.807, 2.05) is 17.0 Å². The summed E-state index contributed by atoms with van der Waals surface area (Å²) in [6.07, 6.45) is 5.30. The van der Waals surface area contributed by atoms with Gasteiger partial charge in [0.05, 0.1) is 0 Å². The van der Waals surface area contributed by atoms with Crippen LogP contribution in [0.1, 0.15) is 85.8 Å². The van der Waals surface area contributed by atoms with Crippen molar-refractivity contribution < 1.29 is 23.1 Å². The third-order valence-electron chi connectivity index (χ3n) is 7.77. The van der Waals surface area contributed by atoms with Gasteiger partial charge in [-0.1, -0.05) is 44.0 Å². The number of carbonyl (C=O) groups is 1. The molecule has 2 saturated carbocycles. The Labute approximate surface area is 205 Å². The minimum absolute atomic E-state index is 0.0432. The standard InChI is InChI=1S/C29H32F3NO2/c1-5-19-6-8-20(9-7-19)22-12-17-25(27(2,3)18-22)33(24-15-16-24)26(34)21-10-13-23(14-11-21)28(4,35)29(30,31)32/h1,6-11,13-14,22,24-25,35H,12,15-18H2,2-4H3/t22-,25-,28+/m1/s1. The van der Waals surface area contributed by atoms with Crippen molar-refractivity contribution in [2.75, 3.05) is 0 Å². The molecule has 0 aliphatic heterocycles. The zero-order chi connectivity index (χ0) is 25.6. The van der Waals surface area contributed by atoms with Crippen molar-refractivity contribution >= 4 is 5.91 Å². The van der Waals surface area contributed by atoms with E-state index in [1.165, 1.54) is 29.8 Å². The fourth-order valence-corrected chi connectivity index (χ4v) is 5.44. The summed E-state index contributed by atoms with van der Waals surface area (Å²) in [5.74, 6) is 2.88. The summed E-state index contributed by atoms with van der Waals surface area (Å²) in [4.78, 5) is 15.6. The van der Waals surface area contributed by atoms with E-state index in [2.05, 4.69) is 31.9 Å². The molecule has 0 spiro atoms. The highest BCUT2D eigenvalue weighted by atomic mass is 19.4. The molecule has 0 radical (unpaired) electrons. The van der Waals surface area contributed by atoms with Crippen LogP contribution in [0.3, 0.4) is 0 Å². The molecule has 2 aromatic rings. The molecule has 1 N–H and O–H groups in total. The third-order valence-corrected chi connectivity index (χ3v) is 7.77. The Morgan fingerprint density at radius 1 is 1.03 bits per heavy atom. The second kappa shape index (κ2) is 9.02. The molecule has 0 aromatic heterocycles. The zero-order valence-corrected chi connectivity index (χ0v) is 20.4. The Kier molecular flexibility index (Phi) is 6.53. The summed E-state index contributed by atoms with van der Waals surface area (Å²) < 4.78 is 39.6. The van der Waals surface area contributed by atoms with Gasteiger partial charge in [-0.3, -0.25) is 4.79 Å². The first kappa shape index (κ1) is 25.3. The number of terminal acetylenes is 1. The normalized spacial score (nSPS) is 23.7. The van der Waals surface area contributed by atoms with Crippen molar-refractivity contribution in [2.24, 2.45) is 5.41 Å². The monoisotopic (exact) mass is 483 g/mol. The number of hydrogen-bond donors (Lipinski definition) is 1. The lowest BCUT2D eigenvalue weighted by molar-refractivity contribution is -0.258. The van der Waals surface area contributed by atoms with E-state index in [-0.39, 0.29) is 29.0 Å². The van der Waals surface area contributed by atoms with Gasteiger partial charge in [-0.05, 0) is 85.8 Å². The minimum atomic E-state index is -4.80. The van der Waals surface area contributed by atoms with Crippen molar-refractivity contribution in [3.05, 3.63) is 70.8 Å². The number of carbonyl (C=O) groups excluding carboxylic acids is 1. The van der Waals surface area contributed by atoms with Crippen LogP contribution in [0.25, 0.3) is 0 Å². The van der Waals surface area contributed by atoms with Gasteiger partial charge in [-0.2, -0.15) is 13.2 Å². The third kappa shape index (κ3) is 4.97. The largest absolute Gasteiger partial charge is 0.421 e. The number of benzene rings is 2. The fourth-order valence-electron chi connectivity index (χ4n) is 5.44. The first-order chi connectivity index (χ1) is 16.3. The highest BCUT2D eigenvalue weighted by molar-refractivity contribution is 5.95. The maximum Gasteiger partial charge on any atom is 0.421 e. The summed E-state index contributed by atoms with van der Waals surface area (Å²) in [5, 5.41) is 9.95. The quantitative estimate of drug-likeness (QED) is 0.500.